The highest BCUT2D eigenvalue weighted by Crippen LogP contribution is 2.25. The van der Waals surface area contributed by atoms with E-state index in [0.717, 1.165) is 26.1 Å². The zero-order valence-corrected chi connectivity index (χ0v) is 14.8. The number of thiophene rings is 1. The standard InChI is InChI=1S/C19H24N2O2S/c1-23-19(22)12-17(18-8-5-11-24-18)20-16-9-10-21(14-16)13-15-6-3-2-4-7-15/h2-8,11,16-17,20H,9-10,12-14H2,1H3. The van der Waals surface area contributed by atoms with Gasteiger partial charge in [-0.25, -0.2) is 0 Å². The summed E-state index contributed by atoms with van der Waals surface area (Å²) in [6, 6.07) is 15.1. The van der Waals surface area contributed by atoms with E-state index in [2.05, 4.69) is 52.0 Å². The second kappa shape index (κ2) is 8.42. The average molecular weight is 344 g/mol. The molecule has 1 aromatic heterocycles. The molecule has 0 radical (unpaired) electrons. The molecule has 1 aliphatic rings. The number of rotatable bonds is 7. The number of carbonyl (C=O) groups is 1. The van der Waals surface area contributed by atoms with Crippen molar-refractivity contribution < 1.29 is 9.53 Å². The van der Waals surface area contributed by atoms with Gasteiger partial charge in [-0.15, -0.1) is 11.3 Å². The molecule has 0 amide bonds. The lowest BCUT2D eigenvalue weighted by atomic mass is 10.1. The molecule has 2 unspecified atom stereocenters. The summed E-state index contributed by atoms with van der Waals surface area (Å²) < 4.78 is 4.86. The van der Waals surface area contributed by atoms with E-state index in [0.29, 0.717) is 12.5 Å². The van der Waals surface area contributed by atoms with Gasteiger partial charge in [0.25, 0.3) is 0 Å². The Labute approximate surface area is 147 Å². The highest BCUT2D eigenvalue weighted by molar-refractivity contribution is 7.10. The van der Waals surface area contributed by atoms with Crippen molar-refractivity contribution in [1.29, 1.82) is 0 Å². The van der Waals surface area contributed by atoms with E-state index in [-0.39, 0.29) is 12.0 Å². The normalized spacial score (nSPS) is 19.3. The molecule has 2 atom stereocenters. The number of nitrogens with one attached hydrogen (secondary N) is 1. The van der Waals surface area contributed by atoms with Crippen LogP contribution in [0.5, 0.6) is 0 Å². The third-order valence-corrected chi connectivity index (χ3v) is 5.43. The molecule has 0 bridgehead atoms. The number of esters is 1. The molecule has 2 aromatic rings. The molecule has 128 valence electrons. The molecule has 0 spiro atoms. The van der Waals surface area contributed by atoms with Crippen LogP contribution < -0.4 is 5.32 Å². The molecule has 1 fully saturated rings. The van der Waals surface area contributed by atoms with Crippen molar-refractivity contribution in [3.8, 4) is 0 Å². The number of carbonyl (C=O) groups excluding carboxylic acids is 1. The quantitative estimate of drug-likeness (QED) is 0.783. The number of ether oxygens (including phenoxy) is 1. The second-order valence-electron chi connectivity index (χ2n) is 6.22. The lowest BCUT2D eigenvalue weighted by molar-refractivity contribution is -0.141. The van der Waals surface area contributed by atoms with Crippen LogP contribution in [0.2, 0.25) is 0 Å². The van der Waals surface area contributed by atoms with Crippen molar-refractivity contribution in [3.05, 3.63) is 58.3 Å². The van der Waals surface area contributed by atoms with Crippen LogP contribution in [0.1, 0.15) is 29.3 Å². The Morgan fingerprint density at radius 3 is 2.88 bits per heavy atom. The van der Waals surface area contributed by atoms with Gasteiger partial charge in [-0.05, 0) is 23.4 Å². The maximum absolute atomic E-state index is 11.7. The fourth-order valence-electron chi connectivity index (χ4n) is 3.22. The summed E-state index contributed by atoms with van der Waals surface area (Å²) >= 11 is 1.69. The molecular formula is C19H24N2O2S. The Hall–Kier alpha value is -1.69. The van der Waals surface area contributed by atoms with Gasteiger partial charge in [-0.3, -0.25) is 9.69 Å². The highest BCUT2D eigenvalue weighted by atomic mass is 32.1. The molecule has 1 aliphatic heterocycles. The van der Waals surface area contributed by atoms with Crippen LogP contribution >= 0.6 is 11.3 Å². The summed E-state index contributed by atoms with van der Waals surface area (Å²) in [6.07, 6.45) is 1.49. The summed E-state index contributed by atoms with van der Waals surface area (Å²) in [4.78, 5) is 15.4. The first kappa shape index (κ1) is 17.1. The van der Waals surface area contributed by atoms with E-state index in [1.165, 1.54) is 17.6 Å². The van der Waals surface area contributed by atoms with Gasteiger partial charge in [0.15, 0.2) is 0 Å². The summed E-state index contributed by atoms with van der Waals surface area (Å²) in [5.74, 6) is -0.167. The van der Waals surface area contributed by atoms with Crippen LogP contribution in [0.4, 0.5) is 0 Å². The van der Waals surface area contributed by atoms with E-state index in [9.17, 15) is 4.79 Å². The fourth-order valence-corrected chi connectivity index (χ4v) is 4.01. The molecule has 1 aromatic carbocycles. The minimum atomic E-state index is -0.167. The van der Waals surface area contributed by atoms with Crippen LogP contribution in [-0.4, -0.2) is 37.1 Å². The number of benzene rings is 1. The largest absolute Gasteiger partial charge is 0.469 e. The van der Waals surface area contributed by atoms with Gasteiger partial charge in [-0.1, -0.05) is 36.4 Å². The monoisotopic (exact) mass is 344 g/mol. The zero-order chi connectivity index (χ0) is 16.8. The van der Waals surface area contributed by atoms with E-state index < -0.39 is 0 Å². The second-order valence-corrected chi connectivity index (χ2v) is 7.20. The third-order valence-electron chi connectivity index (χ3n) is 4.44. The Balaban J connectivity index is 1.56. The first-order valence-electron chi connectivity index (χ1n) is 8.37. The van der Waals surface area contributed by atoms with E-state index >= 15 is 0 Å². The Morgan fingerprint density at radius 2 is 2.17 bits per heavy atom. The van der Waals surface area contributed by atoms with Crippen LogP contribution in [0.3, 0.4) is 0 Å². The van der Waals surface area contributed by atoms with Gasteiger partial charge in [0.1, 0.15) is 0 Å². The van der Waals surface area contributed by atoms with Gasteiger partial charge in [0, 0.05) is 30.6 Å². The van der Waals surface area contributed by atoms with Crippen LogP contribution in [0, 0.1) is 0 Å². The number of methoxy groups -OCH3 is 1. The molecule has 24 heavy (non-hydrogen) atoms. The average Bonchev–Trinajstić information content (AvgIpc) is 3.27. The number of hydrogen-bond donors (Lipinski definition) is 1. The van der Waals surface area contributed by atoms with Crippen molar-refractivity contribution >= 4 is 17.3 Å². The molecule has 5 heteroatoms. The Bertz CT molecular complexity index is 630. The topological polar surface area (TPSA) is 41.6 Å². The molecule has 0 saturated carbocycles. The number of nitrogens with zero attached hydrogens (tertiary/aromatic N) is 1. The Morgan fingerprint density at radius 1 is 1.33 bits per heavy atom. The number of likely N-dealkylation sites (tertiary alicyclic amines) is 1. The van der Waals surface area contributed by atoms with Gasteiger partial charge in [0.05, 0.1) is 19.6 Å². The van der Waals surface area contributed by atoms with Crippen molar-refractivity contribution in [1.82, 2.24) is 10.2 Å². The summed E-state index contributed by atoms with van der Waals surface area (Å²) in [5.41, 5.74) is 1.35. The van der Waals surface area contributed by atoms with Crippen LogP contribution in [0.25, 0.3) is 0 Å². The van der Waals surface area contributed by atoms with Gasteiger partial charge in [0.2, 0.25) is 0 Å². The first-order valence-corrected chi connectivity index (χ1v) is 9.25. The third kappa shape index (κ3) is 4.66. The van der Waals surface area contributed by atoms with E-state index in [4.69, 9.17) is 4.74 Å². The predicted molar refractivity (Wildman–Crippen MR) is 97.0 cm³/mol. The van der Waals surface area contributed by atoms with Crippen molar-refractivity contribution in [2.75, 3.05) is 20.2 Å². The van der Waals surface area contributed by atoms with Crippen molar-refractivity contribution in [2.45, 2.75) is 31.5 Å². The van der Waals surface area contributed by atoms with E-state index in [1.807, 2.05) is 6.07 Å². The van der Waals surface area contributed by atoms with Crippen molar-refractivity contribution in [2.24, 2.45) is 0 Å². The first-order chi connectivity index (χ1) is 11.7. The molecular weight excluding hydrogens is 320 g/mol. The molecule has 1 N–H and O–H groups in total. The molecule has 0 aliphatic carbocycles. The lowest BCUT2D eigenvalue weighted by Crippen LogP contribution is -2.36. The smallest absolute Gasteiger partial charge is 0.307 e. The highest BCUT2D eigenvalue weighted by Gasteiger charge is 2.27. The maximum atomic E-state index is 11.7. The zero-order valence-electron chi connectivity index (χ0n) is 14.0. The maximum Gasteiger partial charge on any atom is 0.307 e. The van der Waals surface area contributed by atoms with Gasteiger partial charge in [-0.2, -0.15) is 0 Å². The Kier molecular flexibility index (Phi) is 6.01. The van der Waals surface area contributed by atoms with Crippen LogP contribution in [0.15, 0.2) is 47.8 Å². The van der Waals surface area contributed by atoms with E-state index in [1.54, 1.807) is 11.3 Å². The number of hydrogen-bond acceptors (Lipinski definition) is 5. The fraction of sp³-hybridized carbons (Fsp3) is 0.421. The van der Waals surface area contributed by atoms with Crippen molar-refractivity contribution in [3.63, 3.8) is 0 Å². The molecule has 3 rings (SSSR count). The lowest BCUT2D eigenvalue weighted by Gasteiger charge is -2.22. The van der Waals surface area contributed by atoms with Gasteiger partial charge < -0.3 is 10.1 Å². The minimum absolute atomic E-state index is 0.0409. The SMILES string of the molecule is COC(=O)CC(NC1CCN(Cc2ccccc2)C1)c1cccs1. The summed E-state index contributed by atoms with van der Waals surface area (Å²) in [7, 11) is 1.45. The van der Waals surface area contributed by atoms with Gasteiger partial charge >= 0.3 is 5.97 Å². The molecule has 2 heterocycles. The summed E-state index contributed by atoms with van der Waals surface area (Å²) in [6.45, 7) is 3.08. The van der Waals surface area contributed by atoms with Crippen LogP contribution in [-0.2, 0) is 16.1 Å². The summed E-state index contributed by atoms with van der Waals surface area (Å²) in [5, 5.41) is 5.72. The minimum Gasteiger partial charge on any atom is -0.469 e. The predicted octanol–water partition coefficient (Wildman–Crippen LogP) is 3.22. The molecule has 4 nitrogen and oxygen atoms in total. The molecule has 1 saturated heterocycles.